The van der Waals surface area contributed by atoms with Crippen LogP contribution in [0.15, 0.2) is 60.9 Å². The number of hydrazine groups is 1. The van der Waals surface area contributed by atoms with Crippen LogP contribution in [-0.4, -0.2) is 10.9 Å². The van der Waals surface area contributed by atoms with Crippen molar-refractivity contribution in [3.05, 3.63) is 66.5 Å². The average Bonchev–Trinajstić information content (AvgIpc) is 2.54. The number of nitrogens with one attached hydrogen (secondary N) is 2. The van der Waals surface area contributed by atoms with Gasteiger partial charge in [-0.15, -0.1) is 0 Å². The summed E-state index contributed by atoms with van der Waals surface area (Å²) in [6.45, 7) is 0. The smallest absolute Gasteiger partial charge is 0.259 e. The number of anilines is 2. The second-order valence-electron chi connectivity index (χ2n) is 4.58. The maximum Gasteiger partial charge on any atom is 0.259 e. The van der Waals surface area contributed by atoms with Gasteiger partial charge in [0.25, 0.3) is 5.91 Å². The number of hydrogen-bond donors (Lipinski definition) is 3. The van der Waals surface area contributed by atoms with Crippen molar-refractivity contribution >= 4 is 28.1 Å². The van der Waals surface area contributed by atoms with Crippen LogP contribution < -0.4 is 16.6 Å². The van der Waals surface area contributed by atoms with E-state index in [9.17, 15) is 4.79 Å². The van der Waals surface area contributed by atoms with E-state index in [0.29, 0.717) is 11.3 Å². The molecule has 1 heterocycles. The van der Waals surface area contributed by atoms with E-state index >= 15 is 0 Å². The van der Waals surface area contributed by atoms with Crippen LogP contribution in [0.2, 0.25) is 0 Å². The van der Waals surface area contributed by atoms with E-state index in [2.05, 4.69) is 15.7 Å². The molecule has 3 aromatic rings. The highest BCUT2D eigenvalue weighted by Gasteiger charge is 2.11. The highest BCUT2D eigenvalue weighted by molar-refractivity contribution is 6.08. The number of benzene rings is 2. The third-order valence-corrected chi connectivity index (χ3v) is 3.23. The summed E-state index contributed by atoms with van der Waals surface area (Å²) in [7, 11) is 0. The Labute approximate surface area is 121 Å². The predicted molar refractivity (Wildman–Crippen MR) is 83.9 cm³/mol. The Morgan fingerprint density at radius 2 is 1.86 bits per heavy atom. The van der Waals surface area contributed by atoms with Crippen LogP contribution in [0, 0.1) is 0 Å². The number of hydrogen-bond acceptors (Lipinski definition) is 4. The summed E-state index contributed by atoms with van der Waals surface area (Å²) in [5.41, 5.74) is 4.15. The first-order valence-electron chi connectivity index (χ1n) is 6.49. The van der Waals surface area contributed by atoms with Crippen LogP contribution in [0.5, 0.6) is 0 Å². The van der Waals surface area contributed by atoms with Crippen molar-refractivity contribution in [2.45, 2.75) is 0 Å². The van der Waals surface area contributed by atoms with Gasteiger partial charge in [0, 0.05) is 18.1 Å². The fourth-order valence-electron chi connectivity index (χ4n) is 2.17. The van der Waals surface area contributed by atoms with Gasteiger partial charge in [0.15, 0.2) is 0 Å². The van der Waals surface area contributed by atoms with Crippen LogP contribution in [-0.2, 0) is 0 Å². The summed E-state index contributed by atoms with van der Waals surface area (Å²) in [5, 5.41) is 5.04. The molecule has 1 amide bonds. The molecule has 4 N–H and O–H groups in total. The molecule has 0 fully saturated rings. The quantitative estimate of drug-likeness (QED) is 0.508. The van der Waals surface area contributed by atoms with Crippen molar-refractivity contribution in [3.63, 3.8) is 0 Å². The molecular weight excluding hydrogens is 264 g/mol. The number of nitrogens with two attached hydrogens (primary N) is 1. The number of carbonyl (C=O) groups excluding carboxylic acids is 1. The predicted octanol–water partition coefficient (Wildman–Crippen LogP) is 2.77. The molecule has 0 bridgehead atoms. The maximum absolute atomic E-state index is 12.3. The summed E-state index contributed by atoms with van der Waals surface area (Å²) >= 11 is 0. The van der Waals surface area contributed by atoms with Crippen molar-refractivity contribution in [1.29, 1.82) is 0 Å². The van der Waals surface area contributed by atoms with E-state index < -0.39 is 0 Å². The monoisotopic (exact) mass is 278 g/mol. The average molecular weight is 278 g/mol. The minimum Gasteiger partial charge on any atom is -0.323 e. The van der Waals surface area contributed by atoms with Crippen LogP contribution in [0.25, 0.3) is 10.8 Å². The zero-order valence-corrected chi connectivity index (χ0v) is 11.2. The first-order valence-corrected chi connectivity index (χ1v) is 6.49. The van der Waals surface area contributed by atoms with Gasteiger partial charge in [-0.3, -0.25) is 15.6 Å². The number of carbonyl (C=O) groups is 1. The van der Waals surface area contributed by atoms with Gasteiger partial charge in [0.1, 0.15) is 0 Å². The third-order valence-electron chi connectivity index (χ3n) is 3.23. The summed E-state index contributed by atoms with van der Waals surface area (Å²) in [6, 6.07) is 15.4. The Balaban J connectivity index is 1.89. The number of aromatic nitrogens is 1. The number of amides is 1. The van der Waals surface area contributed by atoms with Gasteiger partial charge in [-0.05, 0) is 29.0 Å². The minimum absolute atomic E-state index is 0.258. The molecule has 3 rings (SSSR count). The molecule has 5 heteroatoms. The fourth-order valence-corrected chi connectivity index (χ4v) is 2.17. The molecule has 0 saturated heterocycles. The van der Waals surface area contributed by atoms with Crippen molar-refractivity contribution in [2.75, 3.05) is 10.7 Å². The molecule has 5 nitrogen and oxygen atoms in total. The standard InChI is InChI=1S/C16H14N4O/c17-20-15-7-8-18-10-14(15)16(21)19-13-6-5-11-3-1-2-4-12(11)9-13/h1-10H,17H2,(H,18,20)(H,19,21). The molecule has 2 aromatic carbocycles. The van der Waals surface area contributed by atoms with Crippen molar-refractivity contribution in [2.24, 2.45) is 5.84 Å². The van der Waals surface area contributed by atoms with Crippen molar-refractivity contribution in [1.82, 2.24) is 4.98 Å². The molecule has 0 aliphatic rings. The first-order chi connectivity index (χ1) is 10.3. The van der Waals surface area contributed by atoms with Crippen LogP contribution in [0.3, 0.4) is 0 Å². The highest BCUT2D eigenvalue weighted by atomic mass is 16.1. The van der Waals surface area contributed by atoms with E-state index in [4.69, 9.17) is 5.84 Å². The Morgan fingerprint density at radius 1 is 1.05 bits per heavy atom. The lowest BCUT2D eigenvalue weighted by molar-refractivity contribution is 0.102. The molecule has 0 unspecified atom stereocenters. The molecule has 0 spiro atoms. The van der Waals surface area contributed by atoms with Gasteiger partial charge in [0.05, 0.1) is 11.3 Å². The number of rotatable bonds is 3. The summed E-state index contributed by atoms with van der Waals surface area (Å²) in [5.74, 6) is 5.14. The third kappa shape index (κ3) is 2.68. The van der Waals surface area contributed by atoms with Crippen LogP contribution in [0.1, 0.15) is 10.4 Å². The van der Waals surface area contributed by atoms with Gasteiger partial charge < -0.3 is 10.7 Å². The van der Waals surface area contributed by atoms with E-state index in [-0.39, 0.29) is 5.91 Å². The lowest BCUT2D eigenvalue weighted by atomic mass is 10.1. The molecule has 0 saturated carbocycles. The zero-order valence-electron chi connectivity index (χ0n) is 11.2. The van der Waals surface area contributed by atoms with E-state index in [1.165, 1.54) is 6.20 Å². The number of pyridine rings is 1. The van der Waals surface area contributed by atoms with Gasteiger partial charge in [-0.1, -0.05) is 30.3 Å². The highest BCUT2D eigenvalue weighted by Crippen LogP contribution is 2.20. The first kappa shape index (κ1) is 13.1. The summed E-state index contributed by atoms with van der Waals surface area (Å²) in [4.78, 5) is 16.2. The lowest BCUT2D eigenvalue weighted by Crippen LogP contribution is -2.17. The topological polar surface area (TPSA) is 80.0 Å². The lowest BCUT2D eigenvalue weighted by Gasteiger charge is -2.09. The molecule has 0 aliphatic carbocycles. The van der Waals surface area contributed by atoms with Crippen molar-refractivity contribution < 1.29 is 4.79 Å². The summed E-state index contributed by atoms with van der Waals surface area (Å²) in [6.07, 6.45) is 3.05. The molecule has 0 aliphatic heterocycles. The van der Waals surface area contributed by atoms with Gasteiger partial charge in [-0.25, -0.2) is 0 Å². The fraction of sp³-hybridized carbons (Fsp3) is 0. The van der Waals surface area contributed by atoms with E-state index in [1.54, 1.807) is 12.3 Å². The second kappa shape index (κ2) is 5.60. The Bertz CT molecular complexity index is 801. The van der Waals surface area contributed by atoms with Gasteiger partial charge >= 0.3 is 0 Å². The Kier molecular flexibility index (Phi) is 3.49. The molecule has 1 aromatic heterocycles. The van der Waals surface area contributed by atoms with Crippen LogP contribution in [0.4, 0.5) is 11.4 Å². The number of fused-ring (bicyclic) bond motifs is 1. The minimum atomic E-state index is -0.258. The SMILES string of the molecule is NNc1ccncc1C(=O)Nc1ccc2ccccc2c1. The summed E-state index contributed by atoms with van der Waals surface area (Å²) < 4.78 is 0. The molecule has 104 valence electrons. The largest absolute Gasteiger partial charge is 0.323 e. The van der Waals surface area contributed by atoms with Gasteiger partial charge in [0.2, 0.25) is 0 Å². The Hall–Kier alpha value is -2.92. The van der Waals surface area contributed by atoms with E-state index in [1.807, 2.05) is 42.5 Å². The van der Waals surface area contributed by atoms with Crippen LogP contribution >= 0.6 is 0 Å². The number of nitrogen functional groups attached to an aromatic ring is 1. The van der Waals surface area contributed by atoms with Gasteiger partial charge in [-0.2, -0.15) is 0 Å². The normalized spacial score (nSPS) is 10.3. The van der Waals surface area contributed by atoms with E-state index in [0.717, 1.165) is 16.5 Å². The maximum atomic E-state index is 12.3. The second-order valence-corrected chi connectivity index (χ2v) is 4.58. The molecule has 0 atom stereocenters. The zero-order chi connectivity index (χ0) is 14.7. The molecular formula is C16H14N4O. The van der Waals surface area contributed by atoms with Crippen molar-refractivity contribution in [3.8, 4) is 0 Å². The molecule has 21 heavy (non-hydrogen) atoms. The molecule has 0 radical (unpaired) electrons. The Morgan fingerprint density at radius 3 is 2.67 bits per heavy atom. The number of nitrogens with zero attached hydrogens (tertiary/aromatic N) is 1.